The smallest absolute Gasteiger partial charge is 0.260 e. The van der Waals surface area contributed by atoms with Gasteiger partial charge in [-0.25, -0.2) is 13.1 Å². The number of ether oxygens (including phenoxy) is 1. The van der Waals surface area contributed by atoms with Crippen molar-refractivity contribution in [3.05, 3.63) is 11.3 Å². The molecule has 0 fully saturated rings. The van der Waals surface area contributed by atoms with E-state index in [9.17, 15) is 8.42 Å². The van der Waals surface area contributed by atoms with Gasteiger partial charge in [0.25, 0.3) is 10.0 Å². The molecule has 8 nitrogen and oxygen atoms in total. The molecule has 0 spiro atoms. The van der Waals surface area contributed by atoms with Crippen LogP contribution in [0.25, 0.3) is 0 Å². The van der Waals surface area contributed by atoms with Crippen LogP contribution in [0.3, 0.4) is 0 Å². The van der Waals surface area contributed by atoms with Crippen LogP contribution in [0.5, 0.6) is 0 Å². The van der Waals surface area contributed by atoms with Crippen LogP contribution in [-0.4, -0.2) is 69.0 Å². The molecule has 1 aromatic rings. The Morgan fingerprint density at radius 1 is 1.40 bits per heavy atom. The number of aliphatic hydroxyl groups is 1. The standard InChI is InChI=1S/C11H22N4O4S/c1-9-10(8-16)11(14-13-9)20(17,18)12-4-6-19-7-5-15(2)3/h12,16H,4-8H2,1-3H3,(H,13,14). The molecule has 0 saturated carbocycles. The number of aryl methyl sites for hydroxylation is 1. The number of likely N-dealkylation sites (N-methyl/N-ethyl adjacent to an activating group) is 1. The number of nitrogens with zero attached hydrogens (tertiary/aromatic N) is 2. The van der Waals surface area contributed by atoms with Crippen molar-refractivity contribution >= 4 is 10.0 Å². The Hall–Kier alpha value is -1.00. The van der Waals surface area contributed by atoms with Gasteiger partial charge in [-0.1, -0.05) is 0 Å². The molecule has 1 aromatic heterocycles. The molecule has 0 aliphatic carbocycles. The minimum atomic E-state index is -3.73. The van der Waals surface area contributed by atoms with Crippen molar-refractivity contribution in [1.82, 2.24) is 19.8 Å². The molecule has 3 N–H and O–H groups in total. The average Bonchev–Trinajstić information content (AvgIpc) is 2.75. The van der Waals surface area contributed by atoms with Gasteiger partial charge in [0.2, 0.25) is 0 Å². The molecular weight excluding hydrogens is 284 g/mol. The number of aromatic nitrogens is 2. The van der Waals surface area contributed by atoms with Gasteiger partial charge in [-0.3, -0.25) is 5.10 Å². The van der Waals surface area contributed by atoms with Crippen LogP contribution in [0.15, 0.2) is 5.03 Å². The lowest BCUT2D eigenvalue weighted by molar-refractivity contribution is 0.122. The molecule has 20 heavy (non-hydrogen) atoms. The highest BCUT2D eigenvalue weighted by Gasteiger charge is 2.22. The second-order valence-electron chi connectivity index (χ2n) is 4.60. The molecule has 0 saturated heterocycles. The minimum Gasteiger partial charge on any atom is -0.392 e. The van der Waals surface area contributed by atoms with Crippen LogP contribution in [-0.2, 0) is 21.4 Å². The third-order valence-electron chi connectivity index (χ3n) is 2.67. The van der Waals surface area contributed by atoms with E-state index >= 15 is 0 Å². The van der Waals surface area contributed by atoms with Gasteiger partial charge in [0.1, 0.15) is 0 Å². The number of hydrogen-bond acceptors (Lipinski definition) is 6. The predicted molar refractivity (Wildman–Crippen MR) is 73.8 cm³/mol. The SMILES string of the molecule is Cc1[nH]nc(S(=O)(=O)NCCOCCN(C)C)c1CO. The van der Waals surface area contributed by atoms with Crippen molar-refractivity contribution in [1.29, 1.82) is 0 Å². The average molecular weight is 306 g/mol. The number of nitrogens with one attached hydrogen (secondary N) is 2. The molecule has 0 aliphatic rings. The third kappa shape index (κ3) is 4.84. The number of sulfonamides is 1. The quantitative estimate of drug-likeness (QED) is 0.509. The fraction of sp³-hybridized carbons (Fsp3) is 0.727. The van der Waals surface area contributed by atoms with E-state index in [0.29, 0.717) is 12.3 Å². The first-order chi connectivity index (χ1) is 9.38. The highest BCUT2D eigenvalue weighted by atomic mass is 32.2. The van der Waals surface area contributed by atoms with Crippen LogP contribution in [0.1, 0.15) is 11.3 Å². The zero-order chi connectivity index (χ0) is 15.2. The molecule has 9 heteroatoms. The monoisotopic (exact) mass is 306 g/mol. The summed E-state index contributed by atoms with van der Waals surface area (Å²) >= 11 is 0. The van der Waals surface area contributed by atoms with Gasteiger partial charge < -0.3 is 14.7 Å². The third-order valence-corrected chi connectivity index (χ3v) is 4.10. The van der Waals surface area contributed by atoms with Crippen LogP contribution >= 0.6 is 0 Å². The highest BCUT2D eigenvalue weighted by Crippen LogP contribution is 2.15. The summed E-state index contributed by atoms with van der Waals surface area (Å²) < 4.78 is 31.7. The van der Waals surface area contributed by atoms with Gasteiger partial charge in [0.05, 0.1) is 19.8 Å². The van der Waals surface area contributed by atoms with Crippen LogP contribution in [0.2, 0.25) is 0 Å². The fourth-order valence-electron chi connectivity index (χ4n) is 1.50. The van der Waals surface area contributed by atoms with E-state index in [2.05, 4.69) is 14.9 Å². The van der Waals surface area contributed by atoms with Crippen molar-refractivity contribution in [2.24, 2.45) is 0 Å². The van der Waals surface area contributed by atoms with E-state index in [0.717, 1.165) is 6.54 Å². The minimum absolute atomic E-state index is 0.159. The van der Waals surface area contributed by atoms with Crippen molar-refractivity contribution < 1.29 is 18.3 Å². The molecule has 0 unspecified atom stereocenters. The second-order valence-corrected chi connectivity index (χ2v) is 6.29. The number of hydrogen-bond donors (Lipinski definition) is 3. The summed E-state index contributed by atoms with van der Waals surface area (Å²) in [6.45, 7) is 3.04. The molecule has 1 rings (SSSR count). The lowest BCUT2D eigenvalue weighted by Gasteiger charge is -2.10. The number of aliphatic hydroxyl groups excluding tert-OH is 1. The molecule has 1 heterocycles. The molecular formula is C11H22N4O4S. The Bertz CT molecular complexity index is 512. The van der Waals surface area contributed by atoms with E-state index < -0.39 is 10.0 Å². The molecule has 0 bridgehead atoms. The fourth-order valence-corrected chi connectivity index (χ4v) is 2.70. The Balaban J connectivity index is 2.46. The van der Waals surface area contributed by atoms with E-state index in [1.165, 1.54) is 0 Å². The summed E-state index contributed by atoms with van der Waals surface area (Å²) in [6.07, 6.45) is 0. The molecule has 0 atom stereocenters. The summed E-state index contributed by atoms with van der Waals surface area (Å²) in [5.41, 5.74) is 0.820. The second kappa shape index (κ2) is 7.70. The zero-order valence-corrected chi connectivity index (χ0v) is 12.8. The van der Waals surface area contributed by atoms with Gasteiger partial charge in [-0.05, 0) is 21.0 Å². The van der Waals surface area contributed by atoms with Gasteiger partial charge in [-0.15, -0.1) is 0 Å². The number of H-pyrrole nitrogens is 1. The zero-order valence-electron chi connectivity index (χ0n) is 12.0. The van der Waals surface area contributed by atoms with Gasteiger partial charge in [0.15, 0.2) is 5.03 Å². The Morgan fingerprint density at radius 2 is 2.10 bits per heavy atom. The molecule has 0 amide bonds. The van der Waals surface area contributed by atoms with Gasteiger partial charge in [-0.2, -0.15) is 5.10 Å². The summed E-state index contributed by atoms with van der Waals surface area (Å²) in [5.74, 6) is 0. The Labute approximate surface area is 119 Å². The Kier molecular flexibility index (Phi) is 6.56. The van der Waals surface area contributed by atoms with Crippen LogP contribution < -0.4 is 4.72 Å². The summed E-state index contributed by atoms with van der Waals surface area (Å²) in [4.78, 5) is 1.98. The molecule has 0 aromatic carbocycles. The van der Waals surface area contributed by atoms with E-state index in [1.54, 1.807) is 6.92 Å². The van der Waals surface area contributed by atoms with E-state index in [-0.39, 0.29) is 30.3 Å². The molecule has 0 aliphatic heterocycles. The number of rotatable bonds is 9. The van der Waals surface area contributed by atoms with Crippen molar-refractivity contribution in [2.45, 2.75) is 18.6 Å². The van der Waals surface area contributed by atoms with Gasteiger partial charge in [0, 0.05) is 24.3 Å². The van der Waals surface area contributed by atoms with E-state index in [4.69, 9.17) is 9.84 Å². The largest absolute Gasteiger partial charge is 0.392 e. The molecule has 0 radical (unpaired) electrons. The van der Waals surface area contributed by atoms with Crippen molar-refractivity contribution in [2.75, 3.05) is 40.4 Å². The summed E-state index contributed by atoms with van der Waals surface area (Å²) in [6, 6.07) is 0. The maximum atomic E-state index is 12.0. The van der Waals surface area contributed by atoms with Crippen molar-refractivity contribution in [3.8, 4) is 0 Å². The van der Waals surface area contributed by atoms with E-state index in [1.807, 2.05) is 19.0 Å². The lowest BCUT2D eigenvalue weighted by atomic mass is 10.3. The maximum Gasteiger partial charge on any atom is 0.260 e. The first kappa shape index (κ1) is 17.1. The Morgan fingerprint density at radius 3 is 2.70 bits per heavy atom. The summed E-state index contributed by atoms with van der Waals surface area (Å²) in [5, 5.41) is 15.3. The lowest BCUT2D eigenvalue weighted by Crippen LogP contribution is -2.29. The topological polar surface area (TPSA) is 108 Å². The first-order valence-electron chi connectivity index (χ1n) is 6.25. The number of aromatic amines is 1. The molecule has 116 valence electrons. The van der Waals surface area contributed by atoms with Crippen LogP contribution in [0, 0.1) is 6.92 Å². The van der Waals surface area contributed by atoms with Crippen LogP contribution in [0.4, 0.5) is 0 Å². The summed E-state index contributed by atoms with van der Waals surface area (Å²) in [7, 11) is 0.137. The predicted octanol–water partition coefficient (Wildman–Crippen LogP) is -0.933. The van der Waals surface area contributed by atoms with Gasteiger partial charge >= 0.3 is 0 Å². The highest BCUT2D eigenvalue weighted by molar-refractivity contribution is 7.89. The van der Waals surface area contributed by atoms with Crippen molar-refractivity contribution in [3.63, 3.8) is 0 Å². The maximum absolute atomic E-state index is 12.0. The normalized spacial score (nSPS) is 12.2. The first-order valence-corrected chi connectivity index (χ1v) is 7.73.